The average molecular weight is 369 g/mol. The summed E-state index contributed by atoms with van der Waals surface area (Å²) >= 11 is 3.57. The number of aliphatic carboxylic acids is 1. The molecule has 3 heteroatoms. The maximum atomic E-state index is 10.8. The van der Waals surface area contributed by atoms with Gasteiger partial charge in [0.2, 0.25) is 0 Å². The summed E-state index contributed by atoms with van der Waals surface area (Å²) in [6.07, 6.45) is 9.25. The predicted molar refractivity (Wildman–Crippen MR) is 95.0 cm³/mol. The van der Waals surface area contributed by atoms with Crippen LogP contribution < -0.4 is 0 Å². The number of fused-ring (bicyclic) bond motifs is 1. The van der Waals surface area contributed by atoms with Crippen LogP contribution in [0.15, 0.2) is 22.7 Å². The van der Waals surface area contributed by atoms with Gasteiger partial charge in [0.05, 0.1) is 0 Å². The molecule has 4 atom stereocenters. The highest BCUT2D eigenvalue weighted by Crippen LogP contribution is 2.59. The third kappa shape index (κ3) is 3.50. The van der Waals surface area contributed by atoms with Crippen molar-refractivity contribution in [2.45, 2.75) is 65.2 Å². The summed E-state index contributed by atoms with van der Waals surface area (Å²) in [6.45, 7) is 8.50. The van der Waals surface area contributed by atoms with Gasteiger partial charge in [-0.15, -0.1) is 0 Å². The smallest absolute Gasteiger partial charge is 0.330 e. The molecule has 0 aromatic rings. The molecule has 2 saturated carbocycles. The molecule has 0 radical (unpaired) electrons. The van der Waals surface area contributed by atoms with Gasteiger partial charge < -0.3 is 5.11 Å². The zero-order valence-electron chi connectivity index (χ0n) is 13.9. The van der Waals surface area contributed by atoms with E-state index in [1.54, 1.807) is 5.57 Å². The molecule has 2 unspecified atom stereocenters. The van der Waals surface area contributed by atoms with Crippen LogP contribution >= 0.6 is 15.9 Å². The minimum absolute atomic E-state index is 0.352. The van der Waals surface area contributed by atoms with E-state index < -0.39 is 5.97 Å². The molecule has 0 aromatic carbocycles. The Morgan fingerprint density at radius 1 is 1.55 bits per heavy atom. The third-order valence-corrected chi connectivity index (χ3v) is 6.89. The van der Waals surface area contributed by atoms with Gasteiger partial charge in [0, 0.05) is 5.57 Å². The fourth-order valence-corrected chi connectivity index (χ4v) is 5.64. The quantitative estimate of drug-likeness (QED) is 0.589. The van der Waals surface area contributed by atoms with Gasteiger partial charge in [-0.25, -0.2) is 4.79 Å². The molecule has 22 heavy (non-hydrogen) atoms. The molecule has 0 heterocycles. The lowest BCUT2D eigenvalue weighted by molar-refractivity contribution is -0.132. The first-order chi connectivity index (χ1) is 10.4. The van der Waals surface area contributed by atoms with Gasteiger partial charge in [-0.05, 0) is 73.1 Å². The van der Waals surface area contributed by atoms with E-state index in [9.17, 15) is 4.79 Å². The van der Waals surface area contributed by atoms with E-state index >= 15 is 0 Å². The SMILES string of the molecule is C=C(CCC[C@@H](C)C1CCC2/C(=C/Br)CCC[C@@]21C)C(=O)O. The number of hydrogen-bond donors (Lipinski definition) is 1. The molecule has 0 saturated heterocycles. The Bertz CT molecular complexity index is 468. The first kappa shape index (κ1) is 17.8. The highest BCUT2D eigenvalue weighted by molar-refractivity contribution is 9.11. The van der Waals surface area contributed by atoms with E-state index in [-0.39, 0.29) is 0 Å². The number of allylic oxidation sites excluding steroid dienone is 1. The van der Waals surface area contributed by atoms with E-state index in [0.29, 0.717) is 23.3 Å². The van der Waals surface area contributed by atoms with Crippen LogP contribution in [-0.2, 0) is 4.79 Å². The van der Waals surface area contributed by atoms with Crippen molar-refractivity contribution >= 4 is 21.9 Å². The van der Waals surface area contributed by atoms with E-state index in [2.05, 4.69) is 41.3 Å². The molecule has 0 aliphatic heterocycles. The Labute approximate surface area is 143 Å². The maximum Gasteiger partial charge on any atom is 0.330 e. The second-order valence-electron chi connectivity index (χ2n) is 7.56. The van der Waals surface area contributed by atoms with Gasteiger partial charge in [0.1, 0.15) is 0 Å². The Hall–Kier alpha value is -0.570. The van der Waals surface area contributed by atoms with Crippen LogP contribution in [0.3, 0.4) is 0 Å². The zero-order valence-corrected chi connectivity index (χ0v) is 15.5. The van der Waals surface area contributed by atoms with Gasteiger partial charge >= 0.3 is 5.97 Å². The zero-order chi connectivity index (χ0) is 16.3. The van der Waals surface area contributed by atoms with Crippen molar-refractivity contribution in [2.75, 3.05) is 0 Å². The summed E-state index contributed by atoms with van der Waals surface area (Å²) in [5, 5.41) is 8.90. The van der Waals surface area contributed by atoms with Crippen molar-refractivity contribution in [3.63, 3.8) is 0 Å². The Balaban J connectivity index is 1.95. The third-order valence-electron chi connectivity index (χ3n) is 6.31. The average Bonchev–Trinajstić information content (AvgIpc) is 2.83. The van der Waals surface area contributed by atoms with Gasteiger partial charge in [0.15, 0.2) is 0 Å². The van der Waals surface area contributed by atoms with E-state index in [1.807, 2.05) is 0 Å². The lowest BCUT2D eigenvalue weighted by Gasteiger charge is -2.44. The molecule has 2 aliphatic rings. The maximum absolute atomic E-state index is 10.8. The molecule has 1 N–H and O–H groups in total. The van der Waals surface area contributed by atoms with Gasteiger partial charge in [0.25, 0.3) is 0 Å². The summed E-state index contributed by atoms with van der Waals surface area (Å²) in [7, 11) is 0. The lowest BCUT2D eigenvalue weighted by Crippen LogP contribution is -2.35. The Morgan fingerprint density at radius 2 is 2.27 bits per heavy atom. The summed E-state index contributed by atoms with van der Waals surface area (Å²) in [6, 6.07) is 0. The number of carbonyl (C=O) groups is 1. The molecule has 0 bridgehead atoms. The fourth-order valence-electron chi connectivity index (χ4n) is 5.09. The fraction of sp³-hybridized carbons (Fsp3) is 0.737. The number of halogens is 1. The highest BCUT2D eigenvalue weighted by atomic mass is 79.9. The van der Waals surface area contributed by atoms with Gasteiger partial charge in [-0.1, -0.05) is 48.4 Å². The predicted octanol–water partition coefficient (Wildman–Crippen LogP) is 5.93. The van der Waals surface area contributed by atoms with Gasteiger partial charge in [-0.3, -0.25) is 0 Å². The standard InChI is InChI=1S/C19H29BrO2/c1-13(6-4-7-14(2)18(21)22)16-9-10-17-15(12-20)8-5-11-19(16,17)3/h12-13,16-17H,2,4-11H2,1,3H3,(H,21,22)/b15-12+/t13-,16?,17?,19-/m1/s1. The first-order valence-corrected chi connectivity index (χ1v) is 9.52. The Kier molecular flexibility index (Phi) is 5.93. The summed E-state index contributed by atoms with van der Waals surface area (Å²) in [5.41, 5.74) is 2.41. The van der Waals surface area contributed by atoms with E-state index in [1.165, 1.54) is 32.1 Å². The molecule has 2 aliphatic carbocycles. The number of rotatable bonds is 6. The van der Waals surface area contributed by atoms with Crippen molar-refractivity contribution in [2.24, 2.45) is 23.2 Å². The summed E-state index contributed by atoms with van der Waals surface area (Å²) < 4.78 is 0. The normalized spacial score (nSPS) is 34.4. The molecule has 2 rings (SSSR count). The van der Waals surface area contributed by atoms with Crippen LogP contribution in [0.5, 0.6) is 0 Å². The molecule has 0 spiro atoms. The minimum atomic E-state index is -0.847. The topological polar surface area (TPSA) is 37.3 Å². The van der Waals surface area contributed by atoms with Crippen molar-refractivity contribution in [3.05, 3.63) is 22.7 Å². The van der Waals surface area contributed by atoms with E-state index in [0.717, 1.165) is 24.7 Å². The molecule has 2 nitrogen and oxygen atoms in total. The summed E-state index contributed by atoms with van der Waals surface area (Å²) in [5.74, 6) is 1.35. The Morgan fingerprint density at radius 3 is 2.91 bits per heavy atom. The van der Waals surface area contributed by atoms with Crippen LogP contribution in [-0.4, -0.2) is 11.1 Å². The van der Waals surface area contributed by atoms with E-state index in [4.69, 9.17) is 5.11 Å². The van der Waals surface area contributed by atoms with Crippen LogP contribution in [0.2, 0.25) is 0 Å². The molecular weight excluding hydrogens is 340 g/mol. The molecule has 124 valence electrons. The lowest BCUT2D eigenvalue weighted by atomic mass is 9.61. The molecule has 0 amide bonds. The summed E-state index contributed by atoms with van der Waals surface area (Å²) in [4.78, 5) is 13.0. The number of carboxylic acid groups (broad SMARTS) is 1. The van der Waals surface area contributed by atoms with Crippen molar-refractivity contribution in [1.29, 1.82) is 0 Å². The van der Waals surface area contributed by atoms with Gasteiger partial charge in [-0.2, -0.15) is 0 Å². The minimum Gasteiger partial charge on any atom is -0.478 e. The van der Waals surface area contributed by atoms with Crippen LogP contribution in [0, 0.1) is 23.2 Å². The molecular formula is C19H29BrO2. The second kappa shape index (κ2) is 7.33. The van der Waals surface area contributed by atoms with Crippen molar-refractivity contribution < 1.29 is 9.90 Å². The van der Waals surface area contributed by atoms with Crippen molar-refractivity contribution in [3.8, 4) is 0 Å². The second-order valence-corrected chi connectivity index (χ2v) is 8.02. The molecule has 2 fully saturated rings. The largest absolute Gasteiger partial charge is 0.478 e. The van der Waals surface area contributed by atoms with Crippen LogP contribution in [0.1, 0.15) is 65.2 Å². The van der Waals surface area contributed by atoms with Crippen LogP contribution in [0.4, 0.5) is 0 Å². The van der Waals surface area contributed by atoms with Crippen LogP contribution in [0.25, 0.3) is 0 Å². The monoisotopic (exact) mass is 368 g/mol. The number of carboxylic acids is 1. The highest BCUT2D eigenvalue weighted by Gasteiger charge is 2.50. The number of hydrogen-bond acceptors (Lipinski definition) is 1. The van der Waals surface area contributed by atoms with Crippen molar-refractivity contribution in [1.82, 2.24) is 0 Å². The molecule has 0 aromatic heterocycles. The first-order valence-electron chi connectivity index (χ1n) is 8.60.